The Morgan fingerprint density at radius 2 is 1.79 bits per heavy atom. The van der Waals surface area contributed by atoms with Crippen molar-refractivity contribution in [3.8, 4) is 5.75 Å². The van der Waals surface area contributed by atoms with E-state index in [1.807, 2.05) is 49.3 Å². The summed E-state index contributed by atoms with van der Waals surface area (Å²) < 4.78 is 6.78. The predicted octanol–water partition coefficient (Wildman–Crippen LogP) is 1.87. The van der Waals surface area contributed by atoms with E-state index in [4.69, 9.17) is 4.74 Å². The van der Waals surface area contributed by atoms with E-state index in [2.05, 4.69) is 15.7 Å². The number of para-hydroxylation sites is 1. The molecule has 2 amide bonds. The highest BCUT2D eigenvalue weighted by atomic mass is 16.5. The van der Waals surface area contributed by atoms with Crippen LogP contribution in [-0.4, -0.2) is 60.3 Å². The van der Waals surface area contributed by atoms with Crippen molar-refractivity contribution in [1.29, 1.82) is 0 Å². The summed E-state index contributed by atoms with van der Waals surface area (Å²) >= 11 is 0. The minimum absolute atomic E-state index is 0.0788. The summed E-state index contributed by atoms with van der Waals surface area (Å²) in [5.41, 5.74) is 0.629. The van der Waals surface area contributed by atoms with Crippen LogP contribution in [0.5, 0.6) is 5.75 Å². The molecule has 33 heavy (non-hydrogen) atoms. The van der Waals surface area contributed by atoms with Crippen molar-refractivity contribution in [2.24, 2.45) is 0 Å². The first-order valence-electron chi connectivity index (χ1n) is 10.5. The maximum atomic E-state index is 12.7. The topological polar surface area (TPSA) is 106 Å². The Morgan fingerprint density at radius 1 is 1.00 bits per heavy atom. The molecule has 1 aromatic heterocycles. The Kier molecular flexibility index (Phi) is 8.31. The van der Waals surface area contributed by atoms with Crippen LogP contribution >= 0.6 is 0 Å². The second kappa shape index (κ2) is 11.6. The van der Waals surface area contributed by atoms with E-state index in [0.717, 1.165) is 6.54 Å². The van der Waals surface area contributed by atoms with Crippen LogP contribution in [0, 0.1) is 0 Å². The Balaban J connectivity index is 1.61. The number of rotatable bonds is 10. The van der Waals surface area contributed by atoms with Crippen molar-refractivity contribution in [2.75, 3.05) is 39.1 Å². The summed E-state index contributed by atoms with van der Waals surface area (Å²) in [5, 5.41) is 9.69. The van der Waals surface area contributed by atoms with Crippen molar-refractivity contribution >= 4 is 17.5 Å². The van der Waals surface area contributed by atoms with Crippen molar-refractivity contribution in [3.63, 3.8) is 0 Å². The molecule has 2 N–H and O–H groups in total. The molecule has 0 atom stereocenters. The smallest absolute Gasteiger partial charge is 0.276 e. The molecule has 0 aliphatic rings. The molecule has 0 saturated carbocycles. The molecule has 9 nitrogen and oxygen atoms in total. The fourth-order valence-electron chi connectivity index (χ4n) is 2.93. The normalized spacial score (nSPS) is 10.6. The van der Waals surface area contributed by atoms with Crippen LogP contribution in [0.4, 0.5) is 5.69 Å². The maximum Gasteiger partial charge on any atom is 0.276 e. The number of ether oxygens (including phenoxy) is 1. The standard InChI is InChI=1S/C24H27N5O4/c1-28(2)14-13-25-23(31)18-7-6-8-19(17-18)26-24(32)21-11-12-22(30)29(27-21)15-16-33-20-9-4-3-5-10-20/h3-12,17H,13-16H2,1-2H3,(H,25,31)(H,26,32). The van der Waals surface area contributed by atoms with Crippen LogP contribution in [0.3, 0.4) is 0 Å². The lowest BCUT2D eigenvalue weighted by Gasteiger charge is -2.11. The molecular formula is C24H27N5O4. The Morgan fingerprint density at radius 3 is 2.55 bits per heavy atom. The third-order valence-corrected chi connectivity index (χ3v) is 4.64. The SMILES string of the molecule is CN(C)CCNC(=O)c1cccc(NC(=O)c2ccc(=O)n(CCOc3ccccc3)n2)c1. The second-order valence-electron chi connectivity index (χ2n) is 7.54. The first kappa shape index (κ1) is 23.7. The molecule has 0 spiro atoms. The van der Waals surface area contributed by atoms with E-state index in [1.165, 1.54) is 16.8 Å². The fraction of sp³-hybridized carbons (Fsp3) is 0.250. The van der Waals surface area contributed by atoms with Gasteiger partial charge in [0.15, 0.2) is 0 Å². The maximum absolute atomic E-state index is 12.7. The van der Waals surface area contributed by atoms with Gasteiger partial charge in [-0.3, -0.25) is 14.4 Å². The number of nitrogens with zero attached hydrogens (tertiary/aromatic N) is 3. The molecule has 3 aromatic rings. The first-order chi connectivity index (χ1) is 15.9. The monoisotopic (exact) mass is 449 g/mol. The van der Waals surface area contributed by atoms with E-state index in [0.29, 0.717) is 23.5 Å². The van der Waals surface area contributed by atoms with Gasteiger partial charge >= 0.3 is 0 Å². The molecule has 0 unspecified atom stereocenters. The minimum atomic E-state index is -0.488. The van der Waals surface area contributed by atoms with Crippen molar-refractivity contribution in [3.05, 3.63) is 88.3 Å². The number of carbonyl (C=O) groups is 2. The summed E-state index contributed by atoms with van der Waals surface area (Å²) in [5.74, 6) is -0.0268. The zero-order chi connectivity index (χ0) is 23.6. The quantitative estimate of drug-likeness (QED) is 0.490. The van der Waals surface area contributed by atoms with Gasteiger partial charge in [-0.05, 0) is 50.5 Å². The highest BCUT2D eigenvalue weighted by molar-refractivity contribution is 6.03. The molecule has 0 aliphatic carbocycles. The van der Waals surface area contributed by atoms with Gasteiger partial charge in [-0.25, -0.2) is 4.68 Å². The van der Waals surface area contributed by atoms with Crippen LogP contribution in [0.2, 0.25) is 0 Å². The minimum Gasteiger partial charge on any atom is -0.492 e. The first-order valence-corrected chi connectivity index (χ1v) is 10.5. The van der Waals surface area contributed by atoms with Gasteiger partial charge in [0.05, 0.1) is 6.54 Å². The van der Waals surface area contributed by atoms with Gasteiger partial charge in [-0.1, -0.05) is 24.3 Å². The molecule has 3 rings (SSSR count). The largest absolute Gasteiger partial charge is 0.492 e. The molecule has 172 valence electrons. The van der Waals surface area contributed by atoms with E-state index < -0.39 is 5.91 Å². The van der Waals surface area contributed by atoms with Crippen molar-refractivity contribution in [1.82, 2.24) is 20.0 Å². The molecule has 0 bridgehead atoms. The lowest BCUT2D eigenvalue weighted by molar-refractivity contribution is 0.0949. The van der Waals surface area contributed by atoms with Gasteiger partial charge in [0.25, 0.3) is 17.4 Å². The third kappa shape index (κ3) is 7.29. The lowest BCUT2D eigenvalue weighted by atomic mass is 10.2. The highest BCUT2D eigenvalue weighted by Gasteiger charge is 2.12. The average Bonchev–Trinajstić information content (AvgIpc) is 2.81. The number of amides is 2. The molecule has 2 aromatic carbocycles. The highest BCUT2D eigenvalue weighted by Crippen LogP contribution is 2.12. The van der Waals surface area contributed by atoms with Gasteiger partial charge in [-0.15, -0.1) is 0 Å². The van der Waals surface area contributed by atoms with Crippen LogP contribution in [0.15, 0.2) is 71.5 Å². The van der Waals surface area contributed by atoms with E-state index in [9.17, 15) is 14.4 Å². The van der Waals surface area contributed by atoms with Crippen molar-refractivity contribution in [2.45, 2.75) is 6.54 Å². The summed E-state index contributed by atoms with van der Waals surface area (Å²) in [4.78, 5) is 39.1. The second-order valence-corrected chi connectivity index (χ2v) is 7.54. The van der Waals surface area contributed by atoms with E-state index in [1.54, 1.807) is 24.3 Å². The van der Waals surface area contributed by atoms with Gasteiger partial charge in [-0.2, -0.15) is 5.10 Å². The number of benzene rings is 2. The average molecular weight is 450 g/mol. The summed E-state index contributed by atoms with van der Waals surface area (Å²) in [6, 6.07) is 18.5. The van der Waals surface area contributed by atoms with Crippen LogP contribution in [0.1, 0.15) is 20.8 Å². The summed E-state index contributed by atoms with van der Waals surface area (Å²) in [7, 11) is 3.85. The zero-order valence-electron chi connectivity index (χ0n) is 18.7. The van der Waals surface area contributed by atoms with Crippen LogP contribution < -0.4 is 20.9 Å². The Bertz CT molecular complexity index is 1140. The number of nitrogens with one attached hydrogen (secondary N) is 2. The molecule has 0 aliphatic heterocycles. The molecular weight excluding hydrogens is 422 g/mol. The third-order valence-electron chi connectivity index (χ3n) is 4.64. The number of hydrogen-bond acceptors (Lipinski definition) is 6. The Hall–Kier alpha value is -3.98. The number of likely N-dealkylation sites (N-methyl/N-ethyl adjacent to an activating group) is 1. The van der Waals surface area contributed by atoms with Crippen molar-refractivity contribution < 1.29 is 14.3 Å². The molecule has 0 fully saturated rings. The number of anilines is 1. The summed E-state index contributed by atoms with van der Waals surface area (Å²) in [6.07, 6.45) is 0. The van der Waals surface area contributed by atoms with E-state index >= 15 is 0 Å². The molecule has 0 saturated heterocycles. The van der Waals surface area contributed by atoms with Crippen LogP contribution in [0.25, 0.3) is 0 Å². The van der Waals surface area contributed by atoms with Gasteiger partial charge < -0.3 is 20.3 Å². The van der Waals surface area contributed by atoms with Gasteiger partial charge in [0.2, 0.25) is 0 Å². The van der Waals surface area contributed by atoms with Crippen LogP contribution in [-0.2, 0) is 6.54 Å². The van der Waals surface area contributed by atoms with Gasteiger partial charge in [0.1, 0.15) is 18.1 Å². The zero-order valence-corrected chi connectivity index (χ0v) is 18.7. The van der Waals surface area contributed by atoms with E-state index in [-0.39, 0.29) is 30.3 Å². The number of hydrogen-bond donors (Lipinski definition) is 2. The summed E-state index contributed by atoms with van der Waals surface area (Å²) in [6.45, 7) is 1.66. The Labute approximate surface area is 192 Å². The number of carbonyl (C=O) groups excluding carboxylic acids is 2. The predicted molar refractivity (Wildman–Crippen MR) is 126 cm³/mol. The molecule has 0 radical (unpaired) electrons. The fourth-order valence-corrected chi connectivity index (χ4v) is 2.93. The molecule has 9 heteroatoms. The molecule has 1 heterocycles. The number of aromatic nitrogens is 2. The lowest BCUT2D eigenvalue weighted by Crippen LogP contribution is -2.31. The van der Waals surface area contributed by atoms with Gasteiger partial charge in [0, 0.05) is 30.4 Å².